The zero-order chi connectivity index (χ0) is 12.4. The molecule has 1 aromatic carbocycles. The Kier molecular flexibility index (Phi) is 8.51. The molecule has 0 heterocycles. The van der Waals surface area contributed by atoms with Crippen LogP contribution in [0.25, 0.3) is 0 Å². The summed E-state index contributed by atoms with van der Waals surface area (Å²) in [4.78, 5) is 0. The SMILES string of the molecule is CC[Si](OC)(OC)OC.Clc1ccccc1. The first-order valence-electron chi connectivity index (χ1n) is 5.00. The summed E-state index contributed by atoms with van der Waals surface area (Å²) in [6.07, 6.45) is 0. The standard InChI is InChI=1S/C6H5Cl.C5H14O3Si/c7-6-4-2-1-3-5-6;1-5-9(6-2,7-3)8-4/h1-5H;5H2,1-4H3. The summed E-state index contributed by atoms with van der Waals surface area (Å²) in [6, 6.07) is 10.3. The summed E-state index contributed by atoms with van der Waals surface area (Å²) in [5.41, 5.74) is 0. The van der Waals surface area contributed by atoms with E-state index >= 15 is 0 Å². The molecule has 0 atom stereocenters. The van der Waals surface area contributed by atoms with Crippen molar-refractivity contribution in [1.29, 1.82) is 0 Å². The average molecular weight is 263 g/mol. The molecule has 0 radical (unpaired) electrons. The van der Waals surface area contributed by atoms with Crippen LogP contribution in [0.5, 0.6) is 0 Å². The fraction of sp³-hybridized carbons (Fsp3) is 0.455. The topological polar surface area (TPSA) is 27.7 Å². The second kappa shape index (κ2) is 8.72. The number of hydrogen-bond acceptors (Lipinski definition) is 3. The molecule has 0 amide bonds. The smallest absolute Gasteiger partial charge is 0.377 e. The van der Waals surface area contributed by atoms with Gasteiger partial charge in [-0.15, -0.1) is 0 Å². The Morgan fingerprint density at radius 2 is 1.44 bits per heavy atom. The Morgan fingerprint density at radius 1 is 1.00 bits per heavy atom. The third-order valence-electron chi connectivity index (χ3n) is 2.10. The minimum absolute atomic E-state index is 0.794. The predicted molar refractivity (Wildman–Crippen MR) is 68.7 cm³/mol. The van der Waals surface area contributed by atoms with Crippen LogP contribution in [0.2, 0.25) is 11.1 Å². The second-order valence-corrected chi connectivity index (χ2v) is 6.68. The predicted octanol–water partition coefficient (Wildman–Crippen LogP) is 3.22. The lowest BCUT2D eigenvalue weighted by Crippen LogP contribution is -2.41. The van der Waals surface area contributed by atoms with Crippen molar-refractivity contribution in [3.05, 3.63) is 35.4 Å². The van der Waals surface area contributed by atoms with Gasteiger partial charge in [0.2, 0.25) is 0 Å². The number of rotatable bonds is 4. The van der Waals surface area contributed by atoms with E-state index in [1.165, 1.54) is 0 Å². The van der Waals surface area contributed by atoms with Crippen LogP contribution >= 0.6 is 11.6 Å². The highest BCUT2D eigenvalue weighted by Gasteiger charge is 2.34. The highest BCUT2D eigenvalue weighted by molar-refractivity contribution is 6.60. The van der Waals surface area contributed by atoms with Crippen molar-refractivity contribution >= 4 is 20.4 Å². The number of halogens is 1. The summed E-state index contributed by atoms with van der Waals surface area (Å²) in [5, 5.41) is 0.794. The van der Waals surface area contributed by atoms with Crippen LogP contribution in [0.1, 0.15) is 6.92 Å². The summed E-state index contributed by atoms with van der Waals surface area (Å²) in [6.45, 7) is 1.99. The Hall–Kier alpha value is -0.393. The zero-order valence-electron chi connectivity index (χ0n) is 10.2. The lowest BCUT2D eigenvalue weighted by Gasteiger charge is -2.22. The molecule has 1 aromatic rings. The summed E-state index contributed by atoms with van der Waals surface area (Å²) in [5.74, 6) is 0. The third-order valence-corrected chi connectivity index (χ3v) is 5.08. The van der Waals surface area contributed by atoms with Crippen molar-refractivity contribution in [2.24, 2.45) is 0 Å². The van der Waals surface area contributed by atoms with Crippen LogP contribution in [0.3, 0.4) is 0 Å². The number of hydrogen-bond donors (Lipinski definition) is 0. The lowest BCUT2D eigenvalue weighted by atomic mass is 10.4. The van der Waals surface area contributed by atoms with E-state index in [0.29, 0.717) is 0 Å². The van der Waals surface area contributed by atoms with Crippen molar-refractivity contribution < 1.29 is 13.3 Å². The van der Waals surface area contributed by atoms with Gasteiger partial charge in [0.15, 0.2) is 0 Å². The number of benzene rings is 1. The molecule has 0 spiro atoms. The van der Waals surface area contributed by atoms with Crippen molar-refractivity contribution in [1.82, 2.24) is 0 Å². The van der Waals surface area contributed by atoms with Gasteiger partial charge in [-0.3, -0.25) is 0 Å². The molecule has 0 aromatic heterocycles. The van der Waals surface area contributed by atoms with Crippen LogP contribution < -0.4 is 0 Å². The molecule has 0 aliphatic rings. The summed E-state index contributed by atoms with van der Waals surface area (Å²) < 4.78 is 15.2. The molecule has 0 fully saturated rings. The van der Waals surface area contributed by atoms with E-state index in [-0.39, 0.29) is 0 Å². The second-order valence-electron chi connectivity index (χ2n) is 2.94. The van der Waals surface area contributed by atoms with E-state index in [1.54, 1.807) is 21.3 Å². The maximum absolute atomic E-state index is 5.54. The average Bonchev–Trinajstić information content (AvgIpc) is 2.35. The van der Waals surface area contributed by atoms with E-state index in [4.69, 9.17) is 24.9 Å². The van der Waals surface area contributed by atoms with Gasteiger partial charge in [0.1, 0.15) is 0 Å². The fourth-order valence-corrected chi connectivity index (χ4v) is 2.61. The minimum Gasteiger partial charge on any atom is -0.377 e. The van der Waals surface area contributed by atoms with Gasteiger partial charge >= 0.3 is 8.80 Å². The monoisotopic (exact) mass is 262 g/mol. The summed E-state index contributed by atoms with van der Waals surface area (Å²) >= 11 is 5.54. The molecule has 0 saturated heterocycles. The van der Waals surface area contributed by atoms with E-state index in [0.717, 1.165) is 11.1 Å². The Morgan fingerprint density at radius 3 is 1.56 bits per heavy atom. The largest absolute Gasteiger partial charge is 0.499 e. The first-order chi connectivity index (χ1) is 7.64. The molecule has 92 valence electrons. The minimum atomic E-state index is -2.19. The van der Waals surface area contributed by atoms with Crippen LogP contribution in [0.4, 0.5) is 0 Å². The molecule has 0 saturated carbocycles. The van der Waals surface area contributed by atoms with Gasteiger partial charge in [-0.25, -0.2) is 0 Å². The van der Waals surface area contributed by atoms with Gasteiger partial charge in [0.25, 0.3) is 0 Å². The van der Waals surface area contributed by atoms with E-state index in [9.17, 15) is 0 Å². The Balaban J connectivity index is 0.000000288. The lowest BCUT2D eigenvalue weighted by molar-refractivity contribution is 0.125. The zero-order valence-corrected chi connectivity index (χ0v) is 12.0. The fourth-order valence-electron chi connectivity index (χ4n) is 1.10. The summed E-state index contributed by atoms with van der Waals surface area (Å²) in [7, 11) is 2.65. The molecule has 16 heavy (non-hydrogen) atoms. The van der Waals surface area contributed by atoms with Crippen LogP contribution in [-0.2, 0) is 13.3 Å². The van der Waals surface area contributed by atoms with Crippen molar-refractivity contribution in [3.63, 3.8) is 0 Å². The Labute approximate surface area is 104 Å². The van der Waals surface area contributed by atoms with Crippen LogP contribution in [-0.4, -0.2) is 30.1 Å². The highest BCUT2D eigenvalue weighted by Crippen LogP contribution is 2.10. The van der Waals surface area contributed by atoms with Gasteiger partial charge in [-0.1, -0.05) is 36.7 Å². The normalized spacial score (nSPS) is 10.6. The molecule has 5 heteroatoms. The van der Waals surface area contributed by atoms with Crippen LogP contribution in [0, 0.1) is 0 Å². The molecule has 0 aliphatic carbocycles. The molecular weight excluding hydrogens is 244 g/mol. The molecule has 3 nitrogen and oxygen atoms in total. The molecule has 0 N–H and O–H groups in total. The van der Waals surface area contributed by atoms with Gasteiger partial charge in [-0.2, -0.15) is 0 Å². The van der Waals surface area contributed by atoms with Gasteiger partial charge < -0.3 is 13.3 Å². The van der Waals surface area contributed by atoms with E-state index in [2.05, 4.69) is 0 Å². The molecular formula is C11H19ClO3Si. The van der Waals surface area contributed by atoms with Crippen LogP contribution in [0.15, 0.2) is 30.3 Å². The third kappa shape index (κ3) is 5.63. The van der Waals surface area contributed by atoms with E-state index < -0.39 is 8.80 Å². The Bertz CT molecular complexity index is 248. The maximum Gasteiger partial charge on any atom is 0.499 e. The van der Waals surface area contributed by atoms with Crippen molar-refractivity contribution in [2.45, 2.75) is 13.0 Å². The molecule has 1 rings (SSSR count). The van der Waals surface area contributed by atoms with E-state index in [1.807, 2.05) is 37.3 Å². The first-order valence-corrected chi connectivity index (χ1v) is 7.31. The maximum atomic E-state index is 5.54. The van der Waals surface area contributed by atoms with Gasteiger partial charge in [-0.05, 0) is 12.1 Å². The first kappa shape index (κ1) is 15.6. The van der Waals surface area contributed by atoms with Gasteiger partial charge in [0.05, 0.1) is 0 Å². The highest BCUT2D eigenvalue weighted by atomic mass is 35.5. The molecule has 0 bridgehead atoms. The quantitative estimate of drug-likeness (QED) is 0.780. The molecule has 0 unspecified atom stereocenters. The van der Waals surface area contributed by atoms with Crippen molar-refractivity contribution in [3.8, 4) is 0 Å². The van der Waals surface area contributed by atoms with Gasteiger partial charge in [0, 0.05) is 32.4 Å². The van der Waals surface area contributed by atoms with Crippen molar-refractivity contribution in [2.75, 3.05) is 21.3 Å². The molecule has 0 aliphatic heterocycles.